The Morgan fingerprint density at radius 3 is 1.78 bits per heavy atom. The summed E-state index contributed by atoms with van der Waals surface area (Å²) in [7, 11) is 0. The molecule has 164 valence electrons. The van der Waals surface area contributed by atoms with E-state index >= 15 is 0 Å². The van der Waals surface area contributed by atoms with Crippen molar-refractivity contribution < 1.29 is 19.1 Å². The quantitative estimate of drug-likeness (QED) is 0.373. The molecule has 6 heteroatoms. The van der Waals surface area contributed by atoms with E-state index in [1.807, 2.05) is 48.5 Å². The number of esters is 2. The van der Waals surface area contributed by atoms with Crippen LogP contribution in [0.25, 0.3) is 0 Å². The third-order valence-electron chi connectivity index (χ3n) is 7.57. The summed E-state index contributed by atoms with van der Waals surface area (Å²) in [5.41, 5.74) is 0.820. The van der Waals surface area contributed by atoms with Crippen molar-refractivity contribution in [2.24, 2.45) is 27.5 Å². The van der Waals surface area contributed by atoms with Crippen molar-refractivity contribution in [1.82, 2.24) is 0 Å². The molecule has 5 rings (SSSR count). The molecule has 2 bridgehead atoms. The van der Waals surface area contributed by atoms with Crippen LogP contribution in [0.5, 0.6) is 11.5 Å². The molecule has 1 saturated carbocycles. The second kappa shape index (κ2) is 6.86. The summed E-state index contributed by atoms with van der Waals surface area (Å²) >= 11 is 0. The molecule has 6 nitrogen and oxygen atoms in total. The van der Waals surface area contributed by atoms with E-state index in [-0.39, 0.29) is 29.2 Å². The van der Waals surface area contributed by atoms with Crippen LogP contribution in [-0.2, 0) is 20.7 Å². The summed E-state index contributed by atoms with van der Waals surface area (Å²) in [4.78, 5) is 22.6. The van der Waals surface area contributed by atoms with Crippen LogP contribution in [0.4, 0.5) is 0 Å². The SMILES string of the molecule is CC(=O)Oc1ccc([C@@]23N=N[C@@](c4ccc(OC(C)=O)cc4)([C@H]4C=CC[C@H]42)C3(C)C)cc1. The third kappa shape index (κ3) is 2.52. The van der Waals surface area contributed by atoms with E-state index in [9.17, 15) is 9.59 Å². The van der Waals surface area contributed by atoms with E-state index in [1.165, 1.54) is 13.8 Å². The lowest BCUT2D eigenvalue weighted by Crippen LogP contribution is -2.44. The predicted molar refractivity (Wildman–Crippen MR) is 118 cm³/mol. The molecule has 2 aliphatic carbocycles. The first-order valence-electron chi connectivity index (χ1n) is 10.9. The molecule has 1 heterocycles. The maximum atomic E-state index is 11.3. The molecule has 0 saturated heterocycles. The minimum atomic E-state index is -0.520. The van der Waals surface area contributed by atoms with Crippen LogP contribution in [0.2, 0.25) is 0 Å². The standard InChI is InChI=1S/C26H26N2O4/c1-16(29)31-20-12-8-18(9-13-20)25-22-6-5-7-23(22)26(28-27-25,24(25,3)4)19-10-14-21(15-11-19)32-17(2)30/h5-6,8-15,22-23H,7H2,1-4H3/t22-,23+,25-,26+/m0/s1. The van der Waals surface area contributed by atoms with Crippen molar-refractivity contribution >= 4 is 11.9 Å². The van der Waals surface area contributed by atoms with Gasteiger partial charge in [-0.2, -0.15) is 10.2 Å². The Hall–Kier alpha value is -3.28. The molecule has 32 heavy (non-hydrogen) atoms. The number of benzene rings is 2. The summed E-state index contributed by atoms with van der Waals surface area (Å²) < 4.78 is 10.5. The second-order valence-corrected chi connectivity index (χ2v) is 9.39. The highest BCUT2D eigenvalue weighted by molar-refractivity contribution is 5.69. The van der Waals surface area contributed by atoms with Gasteiger partial charge in [-0.1, -0.05) is 50.3 Å². The highest BCUT2D eigenvalue weighted by Gasteiger charge is 2.77. The fraction of sp³-hybridized carbons (Fsp3) is 0.385. The number of nitrogens with zero attached hydrogens (tertiary/aromatic N) is 2. The van der Waals surface area contributed by atoms with Crippen LogP contribution in [0.1, 0.15) is 45.2 Å². The van der Waals surface area contributed by atoms with Gasteiger partial charge in [0, 0.05) is 31.1 Å². The smallest absolute Gasteiger partial charge is 0.308 e. The topological polar surface area (TPSA) is 77.3 Å². The van der Waals surface area contributed by atoms with Crippen molar-refractivity contribution in [3.05, 3.63) is 71.8 Å². The molecular formula is C26H26N2O4. The van der Waals surface area contributed by atoms with Crippen LogP contribution >= 0.6 is 0 Å². The van der Waals surface area contributed by atoms with Gasteiger partial charge in [0.2, 0.25) is 0 Å². The van der Waals surface area contributed by atoms with E-state index in [2.05, 4.69) is 26.0 Å². The van der Waals surface area contributed by atoms with Crippen molar-refractivity contribution in [3.8, 4) is 11.5 Å². The summed E-state index contributed by atoms with van der Waals surface area (Å²) in [6.07, 6.45) is 5.47. The van der Waals surface area contributed by atoms with E-state index < -0.39 is 11.1 Å². The highest BCUT2D eigenvalue weighted by Crippen LogP contribution is 2.76. The number of carbonyl (C=O) groups is 2. The average Bonchev–Trinajstić information content (AvgIpc) is 3.35. The number of fused-ring (bicyclic) bond motifs is 5. The normalized spacial score (nSPS) is 30.9. The molecule has 1 aliphatic heterocycles. The van der Waals surface area contributed by atoms with E-state index in [0.717, 1.165) is 17.5 Å². The first-order chi connectivity index (χ1) is 15.2. The molecule has 0 N–H and O–H groups in total. The first-order valence-corrected chi connectivity index (χ1v) is 10.9. The number of hydrogen-bond donors (Lipinski definition) is 0. The average molecular weight is 431 g/mol. The Balaban J connectivity index is 1.60. The van der Waals surface area contributed by atoms with E-state index in [0.29, 0.717) is 11.5 Å². The molecule has 2 aromatic carbocycles. The zero-order valence-electron chi connectivity index (χ0n) is 18.7. The van der Waals surface area contributed by atoms with Gasteiger partial charge in [-0.05, 0) is 41.8 Å². The Bertz CT molecular complexity index is 1150. The minimum Gasteiger partial charge on any atom is -0.427 e. The Morgan fingerprint density at radius 2 is 1.28 bits per heavy atom. The molecule has 0 unspecified atom stereocenters. The van der Waals surface area contributed by atoms with Crippen molar-refractivity contribution in [2.75, 3.05) is 0 Å². The van der Waals surface area contributed by atoms with Gasteiger partial charge < -0.3 is 9.47 Å². The van der Waals surface area contributed by atoms with Gasteiger partial charge in [-0.3, -0.25) is 9.59 Å². The second-order valence-electron chi connectivity index (χ2n) is 9.39. The molecule has 0 aromatic heterocycles. The molecule has 2 aromatic rings. The lowest BCUT2D eigenvalue weighted by molar-refractivity contribution is -0.132. The van der Waals surface area contributed by atoms with Crippen LogP contribution in [0, 0.1) is 17.3 Å². The van der Waals surface area contributed by atoms with Crippen molar-refractivity contribution in [1.29, 1.82) is 0 Å². The largest absolute Gasteiger partial charge is 0.427 e. The van der Waals surface area contributed by atoms with Gasteiger partial charge in [0.1, 0.15) is 22.6 Å². The number of ether oxygens (including phenoxy) is 2. The van der Waals surface area contributed by atoms with Gasteiger partial charge in [-0.15, -0.1) is 0 Å². The van der Waals surface area contributed by atoms with Crippen LogP contribution < -0.4 is 9.47 Å². The fourth-order valence-electron chi connectivity index (χ4n) is 6.36. The molecule has 0 amide bonds. The zero-order valence-corrected chi connectivity index (χ0v) is 18.7. The molecule has 4 atom stereocenters. The number of rotatable bonds is 4. The number of azo groups is 1. The summed E-state index contributed by atoms with van der Waals surface area (Å²) in [5.74, 6) is 0.859. The summed E-state index contributed by atoms with van der Waals surface area (Å²) in [6.45, 7) is 7.29. The maximum absolute atomic E-state index is 11.3. The van der Waals surface area contributed by atoms with E-state index in [1.54, 1.807) is 0 Å². The van der Waals surface area contributed by atoms with E-state index in [4.69, 9.17) is 19.7 Å². The minimum absolute atomic E-state index is 0.211. The molecular weight excluding hydrogens is 404 g/mol. The third-order valence-corrected chi connectivity index (χ3v) is 7.57. The van der Waals surface area contributed by atoms with Gasteiger partial charge in [0.15, 0.2) is 0 Å². The molecule has 0 spiro atoms. The zero-order chi connectivity index (χ0) is 22.7. The molecule has 1 fully saturated rings. The summed E-state index contributed by atoms with van der Waals surface area (Å²) in [6, 6.07) is 15.4. The lowest BCUT2D eigenvalue weighted by Gasteiger charge is -2.41. The van der Waals surface area contributed by atoms with Gasteiger partial charge in [0.05, 0.1) is 0 Å². The first kappa shape index (κ1) is 20.6. The Kier molecular flexibility index (Phi) is 4.42. The van der Waals surface area contributed by atoms with Gasteiger partial charge in [-0.25, -0.2) is 0 Å². The Labute approximate surface area is 187 Å². The van der Waals surface area contributed by atoms with Crippen molar-refractivity contribution in [2.45, 2.75) is 45.2 Å². The predicted octanol–water partition coefficient (Wildman–Crippen LogP) is 5.33. The van der Waals surface area contributed by atoms with Crippen LogP contribution in [0.3, 0.4) is 0 Å². The van der Waals surface area contributed by atoms with Crippen LogP contribution in [-0.4, -0.2) is 11.9 Å². The van der Waals surface area contributed by atoms with Crippen LogP contribution in [0.15, 0.2) is 70.9 Å². The number of carbonyl (C=O) groups excluding carboxylic acids is 2. The highest BCUT2D eigenvalue weighted by atomic mass is 16.5. The summed E-state index contributed by atoms with van der Waals surface area (Å²) in [5, 5.41) is 9.99. The maximum Gasteiger partial charge on any atom is 0.308 e. The number of allylic oxidation sites excluding steroid dienone is 1. The Morgan fingerprint density at radius 1 is 0.812 bits per heavy atom. The molecule has 0 radical (unpaired) electrons. The van der Waals surface area contributed by atoms with Crippen molar-refractivity contribution in [3.63, 3.8) is 0 Å². The number of hydrogen-bond acceptors (Lipinski definition) is 6. The van der Waals surface area contributed by atoms with Gasteiger partial charge >= 0.3 is 11.9 Å². The molecule has 3 aliphatic rings. The fourth-order valence-corrected chi connectivity index (χ4v) is 6.36. The lowest BCUT2D eigenvalue weighted by atomic mass is 9.61. The monoisotopic (exact) mass is 430 g/mol. The van der Waals surface area contributed by atoms with Gasteiger partial charge in [0.25, 0.3) is 0 Å².